The molecule has 4 aromatic rings. The fourth-order valence-corrected chi connectivity index (χ4v) is 4.40. The van der Waals surface area contributed by atoms with Crippen LogP contribution in [0.15, 0.2) is 104 Å². The van der Waals surface area contributed by atoms with Crippen LogP contribution in [0.2, 0.25) is 0 Å². The van der Waals surface area contributed by atoms with Gasteiger partial charge in [-0.3, -0.25) is 0 Å². The van der Waals surface area contributed by atoms with Gasteiger partial charge in [-0.05, 0) is 102 Å². The molecule has 0 unspecified atom stereocenters. The molecule has 132 valence electrons. The van der Waals surface area contributed by atoms with E-state index in [1.165, 1.54) is 33.4 Å². The van der Waals surface area contributed by atoms with Gasteiger partial charge in [0.25, 0.3) is 0 Å². The number of rotatable bonds is 3. The molecule has 0 nitrogen and oxygen atoms in total. The van der Waals surface area contributed by atoms with Crippen LogP contribution in [0.4, 0.5) is 0 Å². The molecular weight excluding hydrogens is 528 g/mol. The molecule has 0 aliphatic heterocycles. The van der Waals surface area contributed by atoms with Crippen molar-refractivity contribution in [3.8, 4) is 33.4 Å². The van der Waals surface area contributed by atoms with Crippen LogP contribution in [0.5, 0.6) is 0 Å². The van der Waals surface area contributed by atoms with Gasteiger partial charge in [-0.15, -0.1) is 0 Å². The van der Waals surface area contributed by atoms with Gasteiger partial charge in [0.1, 0.15) is 0 Å². The maximum atomic E-state index is 3.74. The van der Waals surface area contributed by atoms with E-state index in [2.05, 4.69) is 127 Å². The van der Waals surface area contributed by atoms with E-state index >= 15 is 0 Å². The summed E-state index contributed by atoms with van der Waals surface area (Å²) in [5.41, 5.74) is 7.14. The van der Waals surface area contributed by atoms with Crippen molar-refractivity contribution < 1.29 is 0 Å². The standard InChI is InChI=1S/C24H15Br3/c25-21-9-4-8-17(15-21)19-12-18(16-6-2-1-3-7-16)13-20(14-19)22-10-5-11-23(26)24(22)27/h1-15H. The molecule has 0 aliphatic rings. The van der Waals surface area contributed by atoms with E-state index in [-0.39, 0.29) is 0 Å². The molecule has 3 heteroatoms. The largest absolute Gasteiger partial charge is 0.0622 e. The van der Waals surface area contributed by atoms with Crippen molar-refractivity contribution in [1.82, 2.24) is 0 Å². The summed E-state index contributed by atoms with van der Waals surface area (Å²) in [7, 11) is 0. The van der Waals surface area contributed by atoms with E-state index in [0.717, 1.165) is 13.4 Å². The summed E-state index contributed by atoms with van der Waals surface area (Å²) < 4.78 is 3.19. The second kappa shape index (κ2) is 8.14. The highest BCUT2D eigenvalue weighted by atomic mass is 79.9. The highest BCUT2D eigenvalue weighted by Gasteiger charge is 2.11. The first kappa shape index (κ1) is 18.7. The Labute approximate surface area is 184 Å². The zero-order valence-corrected chi connectivity index (χ0v) is 19.1. The Balaban J connectivity index is 1.96. The quantitative estimate of drug-likeness (QED) is 0.242. The van der Waals surface area contributed by atoms with Crippen LogP contribution < -0.4 is 0 Å². The lowest BCUT2D eigenvalue weighted by Gasteiger charge is -2.13. The molecule has 0 aromatic heterocycles. The third-order valence-electron chi connectivity index (χ3n) is 4.46. The fraction of sp³-hybridized carbons (Fsp3) is 0. The van der Waals surface area contributed by atoms with E-state index in [9.17, 15) is 0 Å². The Kier molecular flexibility index (Phi) is 5.63. The van der Waals surface area contributed by atoms with Crippen LogP contribution in [0.3, 0.4) is 0 Å². The van der Waals surface area contributed by atoms with Gasteiger partial charge >= 0.3 is 0 Å². The van der Waals surface area contributed by atoms with Crippen LogP contribution in [-0.2, 0) is 0 Å². The molecule has 0 heterocycles. The summed E-state index contributed by atoms with van der Waals surface area (Å²) in [6.07, 6.45) is 0. The summed E-state index contributed by atoms with van der Waals surface area (Å²) >= 11 is 11.0. The predicted octanol–water partition coefficient (Wildman–Crippen LogP) is 8.98. The summed E-state index contributed by atoms with van der Waals surface area (Å²) in [5.74, 6) is 0. The van der Waals surface area contributed by atoms with Crippen molar-refractivity contribution in [2.75, 3.05) is 0 Å². The number of hydrogen-bond donors (Lipinski definition) is 0. The summed E-state index contributed by atoms with van der Waals surface area (Å²) in [4.78, 5) is 0. The van der Waals surface area contributed by atoms with Gasteiger partial charge in [0.05, 0.1) is 0 Å². The Morgan fingerprint density at radius 3 is 1.81 bits per heavy atom. The van der Waals surface area contributed by atoms with Gasteiger partial charge in [0, 0.05) is 13.4 Å². The highest BCUT2D eigenvalue weighted by Crippen LogP contribution is 2.38. The molecule has 4 rings (SSSR count). The minimum absolute atomic E-state index is 1.05. The lowest BCUT2D eigenvalue weighted by atomic mass is 9.93. The average molecular weight is 543 g/mol. The SMILES string of the molecule is Brc1cccc(-c2cc(-c3ccccc3)cc(-c3cccc(Br)c3Br)c2)c1. The molecule has 0 bridgehead atoms. The molecule has 0 fully saturated rings. The smallest absolute Gasteiger partial charge is 0.0395 e. The van der Waals surface area contributed by atoms with Crippen molar-refractivity contribution in [3.63, 3.8) is 0 Å². The maximum absolute atomic E-state index is 3.74. The zero-order valence-electron chi connectivity index (χ0n) is 14.3. The minimum Gasteiger partial charge on any atom is -0.0622 e. The molecule has 4 aromatic carbocycles. The minimum atomic E-state index is 1.05. The second-order valence-corrected chi connectivity index (χ2v) is 8.84. The third kappa shape index (κ3) is 4.11. The van der Waals surface area contributed by atoms with Crippen molar-refractivity contribution in [2.45, 2.75) is 0 Å². The summed E-state index contributed by atoms with van der Waals surface area (Å²) in [6, 6.07) is 32.0. The first-order chi connectivity index (χ1) is 13.1. The van der Waals surface area contributed by atoms with Crippen molar-refractivity contribution in [2.24, 2.45) is 0 Å². The van der Waals surface area contributed by atoms with E-state index in [1.807, 2.05) is 12.1 Å². The lowest BCUT2D eigenvalue weighted by molar-refractivity contribution is 1.53. The summed E-state index contributed by atoms with van der Waals surface area (Å²) in [6.45, 7) is 0. The van der Waals surface area contributed by atoms with E-state index < -0.39 is 0 Å². The van der Waals surface area contributed by atoms with E-state index in [1.54, 1.807) is 0 Å². The van der Waals surface area contributed by atoms with Crippen molar-refractivity contribution in [3.05, 3.63) is 104 Å². The van der Waals surface area contributed by atoms with Gasteiger partial charge in [0.2, 0.25) is 0 Å². The molecule has 0 amide bonds. The van der Waals surface area contributed by atoms with Crippen molar-refractivity contribution >= 4 is 47.8 Å². The van der Waals surface area contributed by atoms with E-state index in [4.69, 9.17) is 0 Å². The maximum Gasteiger partial charge on any atom is 0.0395 e. The molecule has 0 radical (unpaired) electrons. The average Bonchev–Trinajstić information content (AvgIpc) is 2.70. The molecule has 27 heavy (non-hydrogen) atoms. The van der Waals surface area contributed by atoms with Gasteiger partial charge in [-0.1, -0.05) is 70.5 Å². The second-order valence-electron chi connectivity index (χ2n) is 6.28. The first-order valence-corrected chi connectivity index (χ1v) is 10.9. The number of benzene rings is 4. The number of hydrogen-bond acceptors (Lipinski definition) is 0. The monoisotopic (exact) mass is 540 g/mol. The molecule has 0 saturated heterocycles. The van der Waals surface area contributed by atoms with Gasteiger partial charge in [-0.2, -0.15) is 0 Å². The predicted molar refractivity (Wildman–Crippen MR) is 126 cm³/mol. The molecular formula is C24H15Br3. The third-order valence-corrected chi connectivity index (χ3v) is 7.00. The topological polar surface area (TPSA) is 0 Å². The zero-order chi connectivity index (χ0) is 18.8. The van der Waals surface area contributed by atoms with Crippen LogP contribution >= 0.6 is 47.8 Å². The Hall–Kier alpha value is -1.68. The van der Waals surface area contributed by atoms with Gasteiger partial charge in [0.15, 0.2) is 0 Å². The molecule has 0 saturated carbocycles. The Morgan fingerprint density at radius 2 is 1.07 bits per heavy atom. The normalized spacial score (nSPS) is 10.8. The lowest BCUT2D eigenvalue weighted by Crippen LogP contribution is -1.87. The summed E-state index contributed by atoms with van der Waals surface area (Å²) in [5, 5.41) is 0. The van der Waals surface area contributed by atoms with Crippen LogP contribution in [0.1, 0.15) is 0 Å². The van der Waals surface area contributed by atoms with Crippen molar-refractivity contribution in [1.29, 1.82) is 0 Å². The van der Waals surface area contributed by atoms with E-state index in [0.29, 0.717) is 0 Å². The van der Waals surface area contributed by atoms with Gasteiger partial charge in [-0.25, -0.2) is 0 Å². The van der Waals surface area contributed by atoms with Crippen LogP contribution in [0, 0.1) is 0 Å². The first-order valence-electron chi connectivity index (χ1n) is 8.53. The fourth-order valence-electron chi connectivity index (χ4n) is 3.14. The Morgan fingerprint density at radius 1 is 0.444 bits per heavy atom. The Bertz CT molecular complexity index is 1100. The molecule has 0 spiro atoms. The molecule has 0 N–H and O–H groups in total. The van der Waals surface area contributed by atoms with Crippen LogP contribution in [0.25, 0.3) is 33.4 Å². The highest BCUT2D eigenvalue weighted by molar-refractivity contribution is 9.13. The van der Waals surface area contributed by atoms with Crippen LogP contribution in [-0.4, -0.2) is 0 Å². The number of halogens is 3. The molecule has 0 aliphatic carbocycles. The molecule has 0 atom stereocenters. The van der Waals surface area contributed by atoms with Gasteiger partial charge < -0.3 is 0 Å².